The molecule has 4 atom stereocenters. The van der Waals surface area contributed by atoms with Crippen molar-refractivity contribution in [1.29, 1.82) is 0 Å². The van der Waals surface area contributed by atoms with E-state index >= 15 is 0 Å². The minimum Gasteiger partial charge on any atom is -0.387 e. The van der Waals surface area contributed by atoms with E-state index in [4.69, 9.17) is 4.74 Å². The van der Waals surface area contributed by atoms with Crippen LogP contribution in [0, 0.1) is 0 Å². The average Bonchev–Trinajstić information content (AvgIpc) is 2.97. The third-order valence-corrected chi connectivity index (χ3v) is 3.97. The number of nitrogens with zero attached hydrogens (tertiary/aromatic N) is 3. The van der Waals surface area contributed by atoms with Crippen LogP contribution in [-0.2, 0) is 4.74 Å². The molecule has 9 heteroatoms. The van der Waals surface area contributed by atoms with E-state index in [-0.39, 0.29) is 11.1 Å². The molecule has 1 aliphatic rings. The predicted molar refractivity (Wildman–Crippen MR) is 72.5 cm³/mol. The van der Waals surface area contributed by atoms with Gasteiger partial charge in [-0.05, 0) is 6.26 Å². The topological polar surface area (TPSA) is 113 Å². The summed E-state index contributed by atoms with van der Waals surface area (Å²) in [4.78, 5) is 22.0. The molecule has 108 valence electrons. The number of aliphatic hydroxyl groups excluding tert-OH is 2. The first kappa shape index (κ1) is 13.6. The quantitative estimate of drug-likeness (QED) is 0.673. The first-order valence-electron chi connectivity index (χ1n) is 6.04. The van der Waals surface area contributed by atoms with Gasteiger partial charge in [-0.25, -0.2) is 9.97 Å². The summed E-state index contributed by atoms with van der Waals surface area (Å²) in [5.41, 5.74) is 0.128. The van der Waals surface area contributed by atoms with Crippen LogP contribution in [0.5, 0.6) is 0 Å². The zero-order valence-corrected chi connectivity index (χ0v) is 11.4. The van der Waals surface area contributed by atoms with Crippen LogP contribution in [0.15, 0.2) is 17.4 Å². The number of hydrogen-bond acceptors (Lipinski definition) is 7. The number of rotatable bonds is 3. The molecule has 0 radical (unpaired) electrons. The molecule has 0 unspecified atom stereocenters. The van der Waals surface area contributed by atoms with Gasteiger partial charge in [0.05, 0.1) is 18.8 Å². The standard InChI is InChI=1S/C11H14N4O4S/c1-20-2-5-7(16)8(17)11(19-5)15-4-14-6-9(15)12-3-13-10(6)18/h3-5,7-8,11,16-17H,2H2,1H3,(H,12,13,18)/t5-,7-,8+,11-/m0/s1. The summed E-state index contributed by atoms with van der Waals surface area (Å²) < 4.78 is 7.14. The van der Waals surface area contributed by atoms with Crippen LogP contribution in [0.1, 0.15) is 6.23 Å². The maximum Gasteiger partial charge on any atom is 0.278 e. The van der Waals surface area contributed by atoms with Crippen molar-refractivity contribution < 1.29 is 14.9 Å². The van der Waals surface area contributed by atoms with E-state index in [1.807, 2.05) is 6.26 Å². The fourth-order valence-electron chi connectivity index (χ4n) is 2.31. The summed E-state index contributed by atoms with van der Waals surface area (Å²) in [5, 5.41) is 20.1. The minimum absolute atomic E-state index is 0.172. The van der Waals surface area contributed by atoms with Crippen LogP contribution in [-0.4, -0.2) is 60.1 Å². The molecule has 3 rings (SSSR count). The molecule has 0 bridgehead atoms. The zero-order chi connectivity index (χ0) is 14.3. The number of hydrogen-bond donors (Lipinski definition) is 3. The number of thioether (sulfide) groups is 1. The van der Waals surface area contributed by atoms with Gasteiger partial charge in [-0.15, -0.1) is 0 Å². The van der Waals surface area contributed by atoms with Gasteiger partial charge in [-0.3, -0.25) is 9.36 Å². The van der Waals surface area contributed by atoms with Gasteiger partial charge in [0.2, 0.25) is 0 Å². The highest BCUT2D eigenvalue weighted by atomic mass is 32.2. The van der Waals surface area contributed by atoms with Gasteiger partial charge in [0.15, 0.2) is 17.4 Å². The van der Waals surface area contributed by atoms with E-state index in [2.05, 4.69) is 15.0 Å². The average molecular weight is 298 g/mol. The van der Waals surface area contributed by atoms with E-state index in [9.17, 15) is 15.0 Å². The van der Waals surface area contributed by atoms with Crippen LogP contribution in [0.3, 0.4) is 0 Å². The van der Waals surface area contributed by atoms with E-state index in [1.54, 1.807) is 0 Å². The number of aromatic amines is 1. The van der Waals surface area contributed by atoms with Gasteiger partial charge >= 0.3 is 0 Å². The van der Waals surface area contributed by atoms with Crippen LogP contribution in [0.4, 0.5) is 0 Å². The maximum atomic E-state index is 11.6. The molecule has 1 fully saturated rings. The first-order valence-corrected chi connectivity index (χ1v) is 7.43. The molecule has 0 aromatic carbocycles. The number of fused-ring (bicyclic) bond motifs is 1. The van der Waals surface area contributed by atoms with Crippen molar-refractivity contribution >= 4 is 22.9 Å². The summed E-state index contributed by atoms with van der Waals surface area (Å²) in [6.45, 7) is 0. The second kappa shape index (κ2) is 5.17. The minimum atomic E-state index is -1.09. The summed E-state index contributed by atoms with van der Waals surface area (Å²) in [6, 6.07) is 0. The van der Waals surface area contributed by atoms with Gasteiger partial charge in [0.1, 0.15) is 12.2 Å². The fourth-order valence-corrected chi connectivity index (χ4v) is 2.91. The van der Waals surface area contributed by atoms with Gasteiger partial charge in [-0.1, -0.05) is 0 Å². The van der Waals surface area contributed by atoms with Crippen LogP contribution in [0.25, 0.3) is 11.2 Å². The van der Waals surface area contributed by atoms with E-state index in [0.29, 0.717) is 11.4 Å². The summed E-state index contributed by atoms with van der Waals surface area (Å²) in [6.07, 6.45) is 1.20. The molecule has 3 N–H and O–H groups in total. The summed E-state index contributed by atoms with van der Waals surface area (Å²) in [7, 11) is 0. The smallest absolute Gasteiger partial charge is 0.278 e. The Kier molecular flexibility index (Phi) is 3.50. The number of aliphatic hydroxyl groups is 2. The Labute approximate surface area is 117 Å². The number of ether oxygens (including phenoxy) is 1. The number of H-pyrrole nitrogens is 1. The second-order valence-corrected chi connectivity index (χ2v) is 5.47. The van der Waals surface area contributed by atoms with Gasteiger partial charge in [0.25, 0.3) is 5.56 Å². The molecule has 1 saturated heterocycles. The van der Waals surface area contributed by atoms with Crippen LogP contribution >= 0.6 is 11.8 Å². The number of nitrogens with one attached hydrogen (secondary N) is 1. The molecule has 3 heterocycles. The van der Waals surface area contributed by atoms with Crippen molar-refractivity contribution in [3.63, 3.8) is 0 Å². The summed E-state index contributed by atoms with van der Waals surface area (Å²) >= 11 is 1.52. The molecule has 20 heavy (non-hydrogen) atoms. The van der Waals surface area contributed by atoms with Crippen molar-refractivity contribution in [3.8, 4) is 0 Å². The Balaban J connectivity index is 1.99. The highest BCUT2D eigenvalue weighted by Crippen LogP contribution is 2.31. The molecule has 2 aromatic rings. The lowest BCUT2D eigenvalue weighted by atomic mass is 10.1. The predicted octanol–water partition coefficient (Wildman–Crippen LogP) is -0.898. The highest BCUT2D eigenvalue weighted by Gasteiger charge is 2.43. The Hall–Kier alpha value is -1.42. The van der Waals surface area contributed by atoms with Crippen molar-refractivity contribution in [2.24, 2.45) is 0 Å². The van der Waals surface area contributed by atoms with E-state index < -0.39 is 24.5 Å². The Morgan fingerprint density at radius 1 is 1.45 bits per heavy atom. The highest BCUT2D eigenvalue weighted by molar-refractivity contribution is 7.98. The Bertz CT molecular complexity index is 672. The first-order chi connectivity index (χ1) is 9.63. The SMILES string of the molecule is CSC[C@@H]1O[C@H](n2cnc3c(=O)[nH]cnc32)[C@H](O)[C@H]1O. The second-order valence-electron chi connectivity index (χ2n) is 4.56. The zero-order valence-electron chi connectivity index (χ0n) is 10.6. The number of imidazole rings is 1. The van der Waals surface area contributed by atoms with Crippen molar-refractivity contribution in [1.82, 2.24) is 19.5 Å². The van der Waals surface area contributed by atoms with Crippen molar-refractivity contribution in [2.75, 3.05) is 12.0 Å². The lowest BCUT2D eigenvalue weighted by Gasteiger charge is -2.16. The molecule has 2 aromatic heterocycles. The fraction of sp³-hybridized carbons (Fsp3) is 0.545. The van der Waals surface area contributed by atoms with Gasteiger partial charge < -0.3 is 19.9 Å². The van der Waals surface area contributed by atoms with Crippen molar-refractivity contribution in [3.05, 3.63) is 23.0 Å². The maximum absolute atomic E-state index is 11.6. The largest absolute Gasteiger partial charge is 0.387 e. The van der Waals surface area contributed by atoms with E-state index in [0.717, 1.165) is 0 Å². The lowest BCUT2D eigenvalue weighted by Crippen LogP contribution is -2.32. The molecular weight excluding hydrogens is 284 g/mol. The Morgan fingerprint density at radius 3 is 3.00 bits per heavy atom. The number of aromatic nitrogens is 4. The van der Waals surface area contributed by atoms with Crippen molar-refractivity contribution in [2.45, 2.75) is 24.5 Å². The lowest BCUT2D eigenvalue weighted by molar-refractivity contribution is -0.0288. The normalized spacial score (nSPS) is 30.1. The molecule has 0 aliphatic carbocycles. The molecular formula is C11H14N4O4S. The molecule has 0 saturated carbocycles. The summed E-state index contributed by atoms with van der Waals surface area (Å²) in [5.74, 6) is 0.565. The van der Waals surface area contributed by atoms with Gasteiger partial charge in [-0.2, -0.15) is 11.8 Å². The van der Waals surface area contributed by atoms with Gasteiger partial charge in [0, 0.05) is 5.75 Å². The third kappa shape index (κ3) is 2.03. The van der Waals surface area contributed by atoms with E-state index in [1.165, 1.54) is 29.0 Å². The van der Waals surface area contributed by atoms with Crippen LogP contribution < -0.4 is 5.56 Å². The molecule has 8 nitrogen and oxygen atoms in total. The Morgan fingerprint density at radius 2 is 2.25 bits per heavy atom. The monoisotopic (exact) mass is 298 g/mol. The molecule has 1 aliphatic heterocycles. The molecule has 0 amide bonds. The third-order valence-electron chi connectivity index (χ3n) is 3.31. The molecule has 0 spiro atoms. The van der Waals surface area contributed by atoms with Crippen LogP contribution in [0.2, 0.25) is 0 Å².